The second-order valence-corrected chi connectivity index (χ2v) is 14.3. The van der Waals surface area contributed by atoms with E-state index in [1.165, 1.54) is 21.8 Å². The molecule has 0 N–H and O–H groups in total. The average Bonchev–Trinajstić information content (AvgIpc) is 3.13. The Morgan fingerprint density at radius 3 is 1.88 bits per heavy atom. The van der Waals surface area contributed by atoms with E-state index in [1.54, 1.807) is 36.4 Å². The molecule has 1 fully saturated rings. The Morgan fingerprint density at radius 1 is 0.788 bits per heavy atom. The maximum Gasteiger partial charge on any atom is 0.325 e. The first-order valence-corrected chi connectivity index (χ1v) is 18.5. The van der Waals surface area contributed by atoms with Gasteiger partial charge in [0.15, 0.2) is 0 Å². The van der Waals surface area contributed by atoms with E-state index >= 15 is 0 Å². The normalized spacial score (nSPS) is 14.5. The lowest BCUT2D eigenvalue weighted by Crippen LogP contribution is -2.61. The number of benzene rings is 4. The van der Waals surface area contributed by atoms with E-state index in [2.05, 4.69) is 0 Å². The number of esters is 1. The number of piperazine rings is 1. The Bertz CT molecular complexity index is 1840. The van der Waals surface area contributed by atoms with Crippen LogP contribution in [0, 0.1) is 0 Å². The molecule has 0 aliphatic carbocycles. The lowest BCUT2D eigenvalue weighted by atomic mass is 9.88. The van der Waals surface area contributed by atoms with E-state index in [-0.39, 0.29) is 56.9 Å². The van der Waals surface area contributed by atoms with Gasteiger partial charge >= 0.3 is 5.97 Å². The molecule has 4 aromatic rings. The van der Waals surface area contributed by atoms with Crippen molar-refractivity contribution in [3.05, 3.63) is 139 Å². The van der Waals surface area contributed by atoms with Crippen molar-refractivity contribution in [3.63, 3.8) is 0 Å². The first-order valence-electron chi connectivity index (χ1n) is 16.9. The van der Waals surface area contributed by atoms with E-state index in [9.17, 15) is 19.2 Å². The highest BCUT2D eigenvalue weighted by molar-refractivity contribution is 6.35. The number of halogens is 4. The number of methoxy groups -OCH3 is 1. The second kappa shape index (κ2) is 18.6. The highest BCUT2D eigenvalue weighted by Crippen LogP contribution is 2.30. The number of rotatable bonds is 15. The smallest absolute Gasteiger partial charge is 0.325 e. The third-order valence-electron chi connectivity index (χ3n) is 9.28. The molecule has 0 aromatic heterocycles. The average molecular weight is 784 g/mol. The summed E-state index contributed by atoms with van der Waals surface area (Å²) >= 11 is 25.0. The minimum Gasteiger partial charge on any atom is -0.468 e. The molecule has 1 atom stereocenters. The fourth-order valence-corrected chi connectivity index (χ4v) is 7.45. The van der Waals surface area contributed by atoms with Gasteiger partial charge in [-0.05, 0) is 65.8 Å². The standard InChI is InChI=1S/C40H39Cl4N3O5/c1-52-39(50)26-45(19-16-29-12-14-31(41)22-34(29)43)37(48)24-36-40(51)46(20-17-30-13-15-32(42)23-35(30)44)25-38(49)47(36)21-18-33(27-8-4-2-5-9-27)28-10-6-3-7-11-28/h2-15,22-23,33,36H,16-21,24-26H2,1H3. The van der Waals surface area contributed by atoms with Gasteiger partial charge in [0.05, 0.1) is 20.1 Å². The highest BCUT2D eigenvalue weighted by Gasteiger charge is 2.41. The van der Waals surface area contributed by atoms with Gasteiger partial charge in [-0.3, -0.25) is 19.2 Å². The summed E-state index contributed by atoms with van der Waals surface area (Å²) in [4.78, 5) is 59.2. The lowest BCUT2D eigenvalue weighted by molar-refractivity contribution is -0.158. The van der Waals surface area contributed by atoms with E-state index in [4.69, 9.17) is 51.1 Å². The highest BCUT2D eigenvalue weighted by atomic mass is 35.5. The van der Waals surface area contributed by atoms with Crippen LogP contribution in [0.3, 0.4) is 0 Å². The molecule has 1 saturated heterocycles. The van der Waals surface area contributed by atoms with Crippen LogP contribution in [0.25, 0.3) is 0 Å². The number of amides is 3. The molecule has 8 nitrogen and oxygen atoms in total. The number of hydrogen-bond acceptors (Lipinski definition) is 5. The molecule has 4 aromatic carbocycles. The van der Waals surface area contributed by atoms with Gasteiger partial charge in [-0.2, -0.15) is 0 Å². The summed E-state index contributed by atoms with van der Waals surface area (Å²) in [7, 11) is 1.24. The van der Waals surface area contributed by atoms with Gasteiger partial charge < -0.3 is 19.4 Å². The SMILES string of the molecule is COC(=O)CN(CCc1ccc(Cl)cc1Cl)C(=O)CC1C(=O)N(CCc2ccc(Cl)cc2Cl)CC(=O)N1CCC(c1ccccc1)c1ccccc1. The molecule has 1 aliphatic heterocycles. The molecule has 272 valence electrons. The fourth-order valence-electron chi connectivity index (χ4n) is 6.45. The van der Waals surface area contributed by atoms with E-state index in [0.29, 0.717) is 39.4 Å². The van der Waals surface area contributed by atoms with Gasteiger partial charge in [0.25, 0.3) is 0 Å². The number of nitrogens with zero attached hydrogens (tertiary/aromatic N) is 3. The molecule has 0 saturated carbocycles. The van der Waals surface area contributed by atoms with Crippen LogP contribution in [0.1, 0.15) is 41.0 Å². The number of ether oxygens (including phenoxy) is 1. The quantitative estimate of drug-likeness (QED) is 0.115. The molecule has 1 aliphatic rings. The zero-order chi connectivity index (χ0) is 37.2. The molecular formula is C40H39Cl4N3O5. The first kappa shape index (κ1) is 39.1. The third kappa shape index (κ3) is 10.3. The molecule has 0 radical (unpaired) electrons. The largest absolute Gasteiger partial charge is 0.468 e. The minimum absolute atomic E-state index is 0.0633. The number of carbonyl (C=O) groups is 4. The van der Waals surface area contributed by atoms with E-state index in [0.717, 1.165) is 22.3 Å². The van der Waals surface area contributed by atoms with Crippen LogP contribution in [0.2, 0.25) is 20.1 Å². The van der Waals surface area contributed by atoms with Crippen molar-refractivity contribution in [1.29, 1.82) is 0 Å². The summed E-state index contributed by atoms with van der Waals surface area (Å²) in [5.41, 5.74) is 3.66. The van der Waals surface area contributed by atoms with Crippen molar-refractivity contribution >= 4 is 70.1 Å². The van der Waals surface area contributed by atoms with Crippen molar-refractivity contribution in [2.24, 2.45) is 0 Å². The predicted octanol–water partition coefficient (Wildman–Crippen LogP) is 7.74. The summed E-state index contributed by atoms with van der Waals surface area (Å²) in [5, 5.41) is 1.86. The van der Waals surface area contributed by atoms with Crippen molar-refractivity contribution in [3.8, 4) is 0 Å². The molecule has 0 spiro atoms. The molecular weight excluding hydrogens is 744 g/mol. The summed E-state index contributed by atoms with van der Waals surface area (Å²) < 4.78 is 4.89. The Balaban J connectivity index is 1.40. The predicted molar refractivity (Wildman–Crippen MR) is 205 cm³/mol. The minimum atomic E-state index is -1.10. The van der Waals surface area contributed by atoms with Crippen LogP contribution in [-0.2, 0) is 36.8 Å². The van der Waals surface area contributed by atoms with Gasteiger partial charge in [0, 0.05) is 45.6 Å². The Hall–Kier alpha value is -4.08. The third-order valence-corrected chi connectivity index (χ3v) is 10.5. The van der Waals surface area contributed by atoms with Crippen molar-refractivity contribution in [1.82, 2.24) is 14.7 Å². The Morgan fingerprint density at radius 2 is 1.35 bits per heavy atom. The molecule has 1 unspecified atom stereocenters. The molecule has 12 heteroatoms. The molecule has 3 amide bonds. The van der Waals surface area contributed by atoms with Crippen LogP contribution >= 0.6 is 46.4 Å². The summed E-state index contributed by atoms with van der Waals surface area (Å²) in [5.74, 6) is -1.78. The molecule has 0 bridgehead atoms. The molecule has 1 heterocycles. The lowest BCUT2D eigenvalue weighted by Gasteiger charge is -2.41. The maximum absolute atomic E-state index is 14.3. The van der Waals surface area contributed by atoms with Gasteiger partial charge in [0.1, 0.15) is 12.6 Å². The van der Waals surface area contributed by atoms with Gasteiger partial charge in [0.2, 0.25) is 17.7 Å². The van der Waals surface area contributed by atoms with E-state index < -0.39 is 17.9 Å². The maximum atomic E-state index is 14.3. The first-order chi connectivity index (χ1) is 25.0. The van der Waals surface area contributed by atoms with Gasteiger partial charge in [-0.25, -0.2) is 0 Å². The van der Waals surface area contributed by atoms with Gasteiger partial charge in [-0.15, -0.1) is 0 Å². The molecule has 5 rings (SSSR count). The van der Waals surface area contributed by atoms with Crippen LogP contribution in [0.4, 0.5) is 0 Å². The summed E-state index contributed by atoms with van der Waals surface area (Å²) in [6.07, 6.45) is 0.897. The van der Waals surface area contributed by atoms with Crippen LogP contribution in [0.5, 0.6) is 0 Å². The van der Waals surface area contributed by atoms with Crippen molar-refractivity contribution < 1.29 is 23.9 Å². The zero-order valence-electron chi connectivity index (χ0n) is 28.7. The number of carbonyl (C=O) groups excluding carboxylic acids is 4. The summed E-state index contributed by atoms with van der Waals surface area (Å²) in [6.45, 7) is 0.0789. The Kier molecular flexibility index (Phi) is 14.0. The van der Waals surface area contributed by atoms with Crippen LogP contribution in [0.15, 0.2) is 97.1 Å². The molecule has 52 heavy (non-hydrogen) atoms. The monoisotopic (exact) mass is 781 g/mol. The van der Waals surface area contributed by atoms with E-state index in [1.807, 2.05) is 60.7 Å². The fraction of sp³-hybridized carbons (Fsp3) is 0.300. The second-order valence-electron chi connectivity index (χ2n) is 12.6. The van der Waals surface area contributed by atoms with Gasteiger partial charge in [-0.1, -0.05) is 119 Å². The van der Waals surface area contributed by atoms with Crippen LogP contribution < -0.4 is 0 Å². The van der Waals surface area contributed by atoms with Crippen LogP contribution in [-0.4, -0.2) is 84.3 Å². The summed E-state index contributed by atoms with van der Waals surface area (Å²) in [6, 6.07) is 29.1. The Labute approximate surface area is 324 Å². The number of hydrogen-bond donors (Lipinski definition) is 0. The van der Waals surface area contributed by atoms with Crippen molar-refractivity contribution in [2.45, 2.75) is 37.6 Å². The van der Waals surface area contributed by atoms with Crippen molar-refractivity contribution in [2.75, 3.05) is 39.8 Å². The topological polar surface area (TPSA) is 87.2 Å². The zero-order valence-corrected chi connectivity index (χ0v) is 31.7.